The van der Waals surface area contributed by atoms with Crippen molar-refractivity contribution in [1.82, 2.24) is 0 Å². The van der Waals surface area contributed by atoms with Crippen LogP contribution in [-0.4, -0.2) is 27.0 Å². The average molecular weight is 415 g/mol. The number of hydrogen-bond acceptors (Lipinski definition) is 4. The summed E-state index contributed by atoms with van der Waals surface area (Å²) in [6.07, 6.45) is 0.530. The Bertz CT molecular complexity index is 979. The van der Waals surface area contributed by atoms with E-state index in [1.54, 1.807) is 29.2 Å². The highest BCUT2D eigenvalue weighted by Crippen LogP contribution is 2.35. The lowest BCUT2D eigenvalue weighted by Gasteiger charge is -2.23. The smallest absolute Gasteiger partial charge is 0.265 e. The van der Waals surface area contributed by atoms with E-state index in [1.807, 2.05) is 6.92 Å². The second kappa shape index (κ2) is 7.08. The van der Waals surface area contributed by atoms with Gasteiger partial charge in [-0.05, 0) is 49.2 Å². The summed E-state index contributed by atoms with van der Waals surface area (Å²) in [4.78, 5) is 14.3. The molecule has 2 aromatic carbocycles. The summed E-state index contributed by atoms with van der Waals surface area (Å²) in [5, 5.41) is 5.75. The number of primary sulfonamides is 1. The maximum atomic E-state index is 12.7. The normalized spacial score (nSPS) is 16.5. The fourth-order valence-electron chi connectivity index (χ4n) is 2.97. The summed E-state index contributed by atoms with van der Waals surface area (Å²) in [7, 11) is -3.79. The molecular formula is C17H16Cl2N2O4S. The number of hydrogen-bond donors (Lipinski definition) is 1. The van der Waals surface area contributed by atoms with E-state index in [4.69, 9.17) is 33.1 Å². The van der Waals surface area contributed by atoms with E-state index in [9.17, 15) is 13.2 Å². The first kappa shape index (κ1) is 19.0. The molecule has 1 aliphatic rings. The Balaban J connectivity index is 1.80. The third-order valence-corrected chi connectivity index (χ3v) is 5.84. The van der Waals surface area contributed by atoms with Gasteiger partial charge in [0, 0.05) is 11.7 Å². The molecule has 1 heterocycles. The van der Waals surface area contributed by atoms with Gasteiger partial charge in [0.2, 0.25) is 10.0 Å². The summed E-state index contributed by atoms with van der Waals surface area (Å²) >= 11 is 12.0. The fraction of sp³-hybridized carbons (Fsp3) is 0.235. The topological polar surface area (TPSA) is 89.7 Å². The summed E-state index contributed by atoms with van der Waals surface area (Å²) < 4.78 is 28.5. The van der Waals surface area contributed by atoms with Crippen LogP contribution in [0, 0.1) is 0 Å². The molecule has 138 valence electrons. The Morgan fingerprint density at radius 2 is 2.04 bits per heavy atom. The highest BCUT2D eigenvalue weighted by atomic mass is 35.5. The second-order valence-corrected chi connectivity index (χ2v) is 8.34. The predicted molar refractivity (Wildman–Crippen MR) is 100 cm³/mol. The minimum Gasteiger partial charge on any atom is -0.482 e. The SMILES string of the molecule is CC1Cc2cc(S(N)(=O)=O)ccc2N1C(=O)COc1cccc(Cl)c1Cl. The standard InChI is InChI=1S/C17H16Cl2N2O4S/c1-10-7-11-8-12(26(20,23)24)5-6-14(11)21(10)16(22)9-25-15-4-2-3-13(18)17(15)19/h2-6,8,10H,7,9H2,1H3,(H2,20,23,24). The van der Waals surface area contributed by atoms with Crippen molar-refractivity contribution in [3.8, 4) is 5.75 Å². The van der Waals surface area contributed by atoms with E-state index >= 15 is 0 Å². The van der Waals surface area contributed by atoms with Crippen LogP contribution in [0.25, 0.3) is 0 Å². The molecule has 2 N–H and O–H groups in total. The molecule has 3 rings (SSSR count). The van der Waals surface area contributed by atoms with Gasteiger partial charge < -0.3 is 9.64 Å². The number of rotatable bonds is 4. The van der Waals surface area contributed by atoms with Crippen LogP contribution in [-0.2, 0) is 21.2 Å². The molecule has 0 radical (unpaired) electrons. The van der Waals surface area contributed by atoms with Crippen molar-refractivity contribution in [2.24, 2.45) is 5.14 Å². The highest BCUT2D eigenvalue weighted by Gasteiger charge is 2.32. The van der Waals surface area contributed by atoms with Crippen molar-refractivity contribution in [2.45, 2.75) is 24.3 Å². The summed E-state index contributed by atoms with van der Waals surface area (Å²) in [5.74, 6) is 0.0554. The van der Waals surface area contributed by atoms with E-state index in [0.717, 1.165) is 5.56 Å². The van der Waals surface area contributed by atoms with Gasteiger partial charge in [-0.15, -0.1) is 0 Å². The lowest BCUT2D eigenvalue weighted by atomic mass is 10.1. The number of carbonyl (C=O) groups excluding carboxylic acids is 1. The Labute approximate surface area is 161 Å². The molecular weight excluding hydrogens is 399 g/mol. The minimum atomic E-state index is -3.79. The third-order valence-electron chi connectivity index (χ3n) is 4.13. The number of ether oxygens (including phenoxy) is 1. The van der Waals surface area contributed by atoms with Crippen molar-refractivity contribution in [1.29, 1.82) is 0 Å². The third kappa shape index (κ3) is 3.66. The van der Waals surface area contributed by atoms with Gasteiger partial charge in [-0.1, -0.05) is 29.3 Å². The Hall–Kier alpha value is -1.80. The molecule has 2 aromatic rings. The van der Waals surface area contributed by atoms with Gasteiger partial charge in [-0.25, -0.2) is 13.6 Å². The largest absolute Gasteiger partial charge is 0.482 e. The maximum absolute atomic E-state index is 12.7. The van der Waals surface area contributed by atoms with Gasteiger partial charge >= 0.3 is 0 Å². The molecule has 0 spiro atoms. The van der Waals surface area contributed by atoms with Crippen molar-refractivity contribution in [2.75, 3.05) is 11.5 Å². The minimum absolute atomic E-state index is 0.0275. The van der Waals surface area contributed by atoms with Crippen LogP contribution in [0.5, 0.6) is 5.75 Å². The lowest BCUT2D eigenvalue weighted by molar-refractivity contribution is -0.120. The van der Waals surface area contributed by atoms with E-state index in [0.29, 0.717) is 22.9 Å². The van der Waals surface area contributed by atoms with Gasteiger partial charge in [0.25, 0.3) is 5.91 Å². The molecule has 6 nitrogen and oxygen atoms in total. The quantitative estimate of drug-likeness (QED) is 0.832. The molecule has 0 bridgehead atoms. The maximum Gasteiger partial charge on any atom is 0.265 e. The van der Waals surface area contributed by atoms with Gasteiger partial charge in [-0.3, -0.25) is 4.79 Å². The molecule has 1 unspecified atom stereocenters. The number of sulfonamides is 1. The molecule has 26 heavy (non-hydrogen) atoms. The number of carbonyl (C=O) groups is 1. The lowest BCUT2D eigenvalue weighted by Crippen LogP contribution is -2.39. The summed E-state index contributed by atoms with van der Waals surface area (Å²) in [6.45, 7) is 1.65. The summed E-state index contributed by atoms with van der Waals surface area (Å²) in [6, 6.07) is 9.28. The average Bonchev–Trinajstić information content (AvgIpc) is 2.90. The van der Waals surface area contributed by atoms with Crippen LogP contribution in [0.2, 0.25) is 10.0 Å². The molecule has 1 aliphatic heterocycles. The van der Waals surface area contributed by atoms with Crippen LogP contribution >= 0.6 is 23.2 Å². The molecule has 0 aromatic heterocycles. The molecule has 0 saturated carbocycles. The fourth-order valence-corrected chi connectivity index (χ4v) is 3.88. The number of nitrogens with zero attached hydrogens (tertiary/aromatic N) is 1. The van der Waals surface area contributed by atoms with E-state index in [1.165, 1.54) is 12.1 Å². The second-order valence-electron chi connectivity index (χ2n) is 5.99. The number of halogens is 2. The van der Waals surface area contributed by atoms with Crippen molar-refractivity contribution in [3.05, 3.63) is 52.0 Å². The number of benzene rings is 2. The first-order valence-corrected chi connectivity index (χ1v) is 10.0. The van der Waals surface area contributed by atoms with E-state index in [-0.39, 0.29) is 28.5 Å². The van der Waals surface area contributed by atoms with Gasteiger partial charge in [-0.2, -0.15) is 0 Å². The van der Waals surface area contributed by atoms with Crippen LogP contribution in [0.15, 0.2) is 41.3 Å². The predicted octanol–water partition coefficient (Wildman–Crippen LogP) is 3.00. The molecule has 1 atom stereocenters. The van der Waals surface area contributed by atoms with Crippen LogP contribution in [0.1, 0.15) is 12.5 Å². The monoisotopic (exact) mass is 414 g/mol. The Morgan fingerprint density at radius 3 is 2.73 bits per heavy atom. The summed E-state index contributed by atoms with van der Waals surface area (Å²) in [5.41, 5.74) is 1.40. The number of nitrogens with two attached hydrogens (primary N) is 1. The van der Waals surface area contributed by atoms with E-state index in [2.05, 4.69) is 0 Å². The number of amides is 1. The first-order valence-electron chi connectivity index (χ1n) is 7.73. The Morgan fingerprint density at radius 1 is 1.31 bits per heavy atom. The molecule has 9 heteroatoms. The molecule has 1 amide bonds. The van der Waals surface area contributed by atoms with Gasteiger partial charge in [0.1, 0.15) is 10.8 Å². The van der Waals surface area contributed by atoms with Crippen LogP contribution in [0.4, 0.5) is 5.69 Å². The zero-order valence-electron chi connectivity index (χ0n) is 13.8. The first-order chi connectivity index (χ1) is 12.2. The number of anilines is 1. The zero-order valence-corrected chi connectivity index (χ0v) is 16.1. The molecule has 0 saturated heterocycles. The molecule has 0 fully saturated rings. The zero-order chi connectivity index (χ0) is 19.1. The highest BCUT2D eigenvalue weighted by molar-refractivity contribution is 7.89. The van der Waals surface area contributed by atoms with Crippen molar-refractivity contribution in [3.63, 3.8) is 0 Å². The van der Waals surface area contributed by atoms with Gasteiger partial charge in [0.15, 0.2) is 6.61 Å². The van der Waals surface area contributed by atoms with Crippen LogP contribution in [0.3, 0.4) is 0 Å². The van der Waals surface area contributed by atoms with Crippen molar-refractivity contribution < 1.29 is 17.9 Å². The van der Waals surface area contributed by atoms with E-state index < -0.39 is 10.0 Å². The Kier molecular flexibility index (Phi) is 5.16. The van der Waals surface area contributed by atoms with Crippen molar-refractivity contribution >= 4 is 44.8 Å². The molecule has 0 aliphatic carbocycles. The van der Waals surface area contributed by atoms with Crippen LogP contribution < -0.4 is 14.8 Å². The number of fused-ring (bicyclic) bond motifs is 1. The van der Waals surface area contributed by atoms with Gasteiger partial charge in [0.05, 0.1) is 9.92 Å².